The zero-order chi connectivity index (χ0) is 26.4. The Kier molecular flexibility index (Phi) is 10.3. The predicted octanol–water partition coefficient (Wildman–Crippen LogP) is -0.121. The molecule has 0 radical (unpaired) electrons. The largest absolute Gasteiger partial charge is 0.467 e. The quantitative estimate of drug-likeness (QED) is 0.327. The molecule has 3 aliphatic heterocycles. The summed E-state index contributed by atoms with van der Waals surface area (Å²) >= 11 is 0. The Bertz CT molecular complexity index is 859. The lowest BCUT2D eigenvalue weighted by Gasteiger charge is -2.32. The van der Waals surface area contributed by atoms with Crippen molar-refractivity contribution in [1.29, 1.82) is 0 Å². The molecule has 4 amide bonds. The lowest BCUT2D eigenvalue weighted by molar-refractivity contribution is -0.147. The molecule has 0 spiro atoms. The summed E-state index contributed by atoms with van der Waals surface area (Å²) in [6, 6.07) is -3.96. The van der Waals surface area contributed by atoms with E-state index in [0.717, 1.165) is 0 Å². The van der Waals surface area contributed by atoms with E-state index in [-0.39, 0.29) is 29.2 Å². The van der Waals surface area contributed by atoms with Crippen molar-refractivity contribution in [2.24, 2.45) is 11.7 Å². The molecule has 202 valence electrons. The summed E-state index contributed by atoms with van der Waals surface area (Å²) in [5.41, 5.74) is 6.17. The molecule has 0 unspecified atom stereocenters. The van der Waals surface area contributed by atoms with Gasteiger partial charge in [0.15, 0.2) is 0 Å². The molecule has 0 aromatic rings. The van der Waals surface area contributed by atoms with Gasteiger partial charge in [-0.1, -0.05) is 35.4 Å². The summed E-state index contributed by atoms with van der Waals surface area (Å²) in [6.07, 6.45) is 2.73. The maximum atomic E-state index is 13.5. The van der Waals surface area contributed by atoms with Crippen LogP contribution in [0.25, 0.3) is 0 Å². The molecule has 36 heavy (non-hydrogen) atoms. The third-order valence-corrected chi connectivity index (χ3v) is 9.13. The highest BCUT2D eigenvalue weighted by Crippen LogP contribution is 2.28. The highest BCUT2D eigenvalue weighted by Gasteiger charge is 2.43. The fourth-order valence-corrected chi connectivity index (χ4v) is 7.12. The summed E-state index contributed by atoms with van der Waals surface area (Å²) in [4.78, 5) is 68.5. The Morgan fingerprint density at radius 3 is 2.22 bits per heavy atom. The molecule has 0 aromatic heterocycles. The molecule has 3 fully saturated rings. The van der Waals surface area contributed by atoms with Gasteiger partial charge in [-0.05, 0) is 38.0 Å². The van der Waals surface area contributed by atoms with Crippen LogP contribution in [0.5, 0.6) is 0 Å². The number of methoxy groups -OCH3 is 1. The Hall–Kier alpha value is -1.99. The molecule has 11 nitrogen and oxygen atoms in total. The predicted molar refractivity (Wildman–Crippen MR) is 138 cm³/mol. The molecule has 0 bridgehead atoms. The standard InChI is InChI=1S/C23H37N5O6S2/c1-13(2)10-15-19(29)26-16(23(33)34-3)12-36-35-11-14(24)21(31)28-9-5-7-18(28)22(32)27-8-4-6-17(27)20(30)25-15/h13-18H,4-12,24H2,1-3H3,(H,25,30)(H,26,29)/t14-,15+,16+,17+,18+/m1/s1. The molecule has 0 aliphatic carbocycles. The topological polar surface area (TPSA) is 151 Å². The maximum absolute atomic E-state index is 13.5. The first-order valence-corrected chi connectivity index (χ1v) is 14.9. The number of amides is 4. The van der Waals surface area contributed by atoms with Gasteiger partial charge in [0, 0.05) is 24.6 Å². The Labute approximate surface area is 219 Å². The SMILES string of the molecule is COC(=O)[C@@H]1CSSC[C@@H](N)C(=O)N2CCC[C@H]2C(=O)N2CCC[C@H]2C(=O)N[C@@H](CC(C)C)C(=O)N1. The van der Waals surface area contributed by atoms with E-state index < -0.39 is 48.0 Å². The second-order valence-corrected chi connectivity index (χ2v) is 12.4. The first-order chi connectivity index (χ1) is 17.1. The Balaban J connectivity index is 1.89. The van der Waals surface area contributed by atoms with E-state index in [4.69, 9.17) is 10.5 Å². The molecule has 0 saturated carbocycles. The summed E-state index contributed by atoms with van der Waals surface area (Å²) in [5.74, 6) is -1.44. The number of ether oxygens (including phenoxy) is 1. The molecule has 5 atom stereocenters. The van der Waals surface area contributed by atoms with Gasteiger partial charge >= 0.3 is 5.97 Å². The minimum Gasteiger partial charge on any atom is -0.467 e. The van der Waals surface area contributed by atoms with Gasteiger partial charge in [0.1, 0.15) is 24.2 Å². The molecule has 3 rings (SSSR count). The van der Waals surface area contributed by atoms with E-state index in [0.29, 0.717) is 45.2 Å². The highest BCUT2D eigenvalue weighted by atomic mass is 33.1. The molecule has 4 N–H and O–H groups in total. The lowest BCUT2D eigenvalue weighted by Crippen LogP contribution is -2.58. The Morgan fingerprint density at radius 1 is 0.972 bits per heavy atom. The van der Waals surface area contributed by atoms with E-state index in [1.807, 2.05) is 13.8 Å². The third-order valence-electron chi connectivity index (χ3n) is 6.68. The van der Waals surface area contributed by atoms with Crippen molar-refractivity contribution in [3.05, 3.63) is 0 Å². The lowest BCUT2D eigenvalue weighted by atomic mass is 10.0. The Morgan fingerprint density at radius 2 is 1.58 bits per heavy atom. The molecule has 0 aromatic carbocycles. The van der Waals surface area contributed by atoms with Gasteiger partial charge in [0.25, 0.3) is 0 Å². The molecule has 3 saturated heterocycles. The number of esters is 1. The van der Waals surface area contributed by atoms with Gasteiger partial charge < -0.3 is 30.9 Å². The van der Waals surface area contributed by atoms with Crippen LogP contribution in [-0.4, -0.2) is 101 Å². The van der Waals surface area contributed by atoms with E-state index in [9.17, 15) is 24.0 Å². The van der Waals surface area contributed by atoms with Crippen LogP contribution >= 0.6 is 21.6 Å². The van der Waals surface area contributed by atoms with Gasteiger partial charge in [-0.3, -0.25) is 19.2 Å². The van der Waals surface area contributed by atoms with Crippen molar-refractivity contribution in [3.8, 4) is 0 Å². The highest BCUT2D eigenvalue weighted by molar-refractivity contribution is 8.76. The summed E-state index contributed by atoms with van der Waals surface area (Å²) < 4.78 is 4.86. The minimum atomic E-state index is -0.929. The van der Waals surface area contributed by atoms with E-state index in [1.54, 1.807) is 9.80 Å². The fourth-order valence-electron chi connectivity index (χ4n) is 4.86. The minimum absolute atomic E-state index is 0.0949. The van der Waals surface area contributed by atoms with Gasteiger partial charge in [0.2, 0.25) is 23.6 Å². The van der Waals surface area contributed by atoms with Crippen molar-refractivity contribution < 1.29 is 28.7 Å². The van der Waals surface area contributed by atoms with Crippen LogP contribution < -0.4 is 16.4 Å². The number of nitrogens with one attached hydrogen (secondary N) is 2. The van der Waals surface area contributed by atoms with Crippen LogP contribution in [0.1, 0.15) is 46.0 Å². The number of nitrogens with two attached hydrogens (primary N) is 1. The number of carbonyl (C=O) groups is 5. The van der Waals surface area contributed by atoms with Crippen molar-refractivity contribution in [1.82, 2.24) is 20.4 Å². The first-order valence-electron chi connectivity index (χ1n) is 12.4. The van der Waals surface area contributed by atoms with Gasteiger partial charge in [-0.25, -0.2) is 4.79 Å². The summed E-state index contributed by atoms with van der Waals surface area (Å²) in [5, 5.41) is 5.54. The zero-order valence-electron chi connectivity index (χ0n) is 21.1. The maximum Gasteiger partial charge on any atom is 0.329 e. The van der Waals surface area contributed by atoms with Gasteiger partial charge in [-0.15, -0.1) is 0 Å². The second kappa shape index (κ2) is 13.0. The fraction of sp³-hybridized carbons (Fsp3) is 0.783. The normalized spacial score (nSPS) is 31.0. The number of hydrogen-bond donors (Lipinski definition) is 3. The van der Waals surface area contributed by atoms with Crippen LogP contribution in [0, 0.1) is 5.92 Å². The summed E-state index contributed by atoms with van der Waals surface area (Å²) in [6.45, 7) is 4.74. The van der Waals surface area contributed by atoms with E-state index in [1.165, 1.54) is 28.7 Å². The molecule has 3 heterocycles. The van der Waals surface area contributed by atoms with Crippen LogP contribution in [0.15, 0.2) is 0 Å². The van der Waals surface area contributed by atoms with Gasteiger partial charge in [-0.2, -0.15) is 0 Å². The number of fused-ring (bicyclic) bond motifs is 2. The number of nitrogens with zero attached hydrogens (tertiary/aromatic N) is 2. The van der Waals surface area contributed by atoms with Crippen LogP contribution in [0.3, 0.4) is 0 Å². The van der Waals surface area contributed by atoms with Crippen molar-refractivity contribution in [3.63, 3.8) is 0 Å². The van der Waals surface area contributed by atoms with Crippen LogP contribution in [0.2, 0.25) is 0 Å². The van der Waals surface area contributed by atoms with Crippen molar-refractivity contribution >= 4 is 51.2 Å². The molecular weight excluding hydrogens is 506 g/mol. The molecule has 13 heteroatoms. The van der Waals surface area contributed by atoms with E-state index in [2.05, 4.69) is 10.6 Å². The number of hydrogen-bond acceptors (Lipinski definition) is 9. The summed E-state index contributed by atoms with van der Waals surface area (Å²) in [7, 11) is 3.86. The average molecular weight is 544 g/mol. The third kappa shape index (κ3) is 6.86. The van der Waals surface area contributed by atoms with Crippen molar-refractivity contribution in [2.75, 3.05) is 31.7 Å². The van der Waals surface area contributed by atoms with Crippen molar-refractivity contribution in [2.45, 2.75) is 76.2 Å². The first kappa shape index (κ1) is 28.6. The van der Waals surface area contributed by atoms with Crippen LogP contribution in [-0.2, 0) is 28.7 Å². The number of rotatable bonds is 3. The average Bonchev–Trinajstić information content (AvgIpc) is 3.53. The van der Waals surface area contributed by atoms with E-state index >= 15 is 0 Å². The smallest absolute Gasteiger partial charge is 0.329 e. The zero-order valence-corrected chi connectivity index (χ0v) is 22.7. The molecular formula is C23H37N5O6S2. The second-order valence-electron chi connectivity index (χ2n) is 9.83. The van der Waals surface area contributed by atoms with Crippen LogP contribution in [0.4, 0.5) is 0 Å². The molecule has 3 aliphatic rings. The number of carbonyl (C=O) groups excluding carboxylic acids is 5. The monoisotopic (exact) mass is 543 g/mol. The van der Waals surface area contributed by atoms with Gasteiger partial charge in [0.05, 0.1) is 13.2 Å².